The molecule has 0 aromatic heterocycles. The number of aryl methyl sites for hydroxylation is 1. The molecule has 0 aliphatic carbocycles. The van der Waals surface area contributed by atoms with E-state index in [0.29, 0.717) is 12.8 Å². The molecule has 0 saturated carbocycles. The van der Waals surface area contributed by atoms with E-state index in [1.807, 2.05) is 11.0 Å². The summed E-state index contributed by atoms with van der Waals surface area (Å²) in [6, 6.07) is 23.8. The zero-order chi connectivity index (χ0) is 21.6. The van der Waals surface area contributed by atoms with Gasteiger partial charge in [-0.15, -0.1) is 0 Å². The number of aromatic hydroxyl groups is 2. The molecule has 3 aromatic carbocycles. The predicted octanol–water partition coefficient (Wildman–Crippen LogP) is 4.04. The molecule has 4 rings (SSSR count). The first-order valence-electron chi connectivity index (χ1n) is 10.7. The van der Waals surface area contributed by atoms with Crippen molar-refractivity contribution in [3.63, 3.8) is 0 Å². The van der Waals surface area contributed by atoms with Gasteiger partial charge in [0.25, 0.3) is 0 Å². The van der Waals surface area contributed by atoms with Crippen molar-refractivity contribution in [2.75, 3.05) is 26.2 Å². The van der Waals surface area contributed by atoms with Gasteiger partial charge in [0.05, 0.1) is 0 Å². The molecule has 5 heteroatoms. The summed E-state index contributed by atoms with van der Waals surface area (Å²) in [6.45, 7) is 4.08. The second-order valence-electron chi connectivity index (χ2n) is 8.05. The largest absolute Gasteiger partial charge is 0.504 e. The lowest BCUT2D eigenvalue weighted by Gasteiger charge is -2.35. The maximum Gasteiger partial charge on any atom is 0.222 e. The van der Waals surface area contributed by atoms with Gasteiger partial charge in [-0.1, -0.05) is 54.6 Å². The number of hydrogen-bond acceptors (Lipinski definition) is 4. The number of rotatable bonds is 6. The Bertz CT molecular complexity index is 1030. The fourth-order valence-corrected chi connectivity index (χ4v) is 4.03. The van der Waals surface area contributed by atoms with Crippen LogP contribution in [0.2, 0.25) is 0 Å². The zero-order valence-corrected chi connectivity index (χ0v) is 17.6. The van der Waals surface area contributed by atoms with Gasteiger partial charge in [0.1, 0.15) is 0 Å². The van der Waals surface area contributed by atoms with E-state index in [9.17, 15) is 15.0 Å². The number of phenolic OH excluding ortho intramolecular Hbond substituents is 2. The minimum atomic E-state index is -0.144. The molecule has 0 atom stereocenters. The van der Waals surface area contributed by atoms with Gasteiger partial charge in [0.2, 0.25) is 5.91 Å². The minimum absolute atomic E-state index is 0.137. The summed E-state index contributed by atoms with van der Waals surface area (Å²) in [5.74, 6) is -0.145. The van der Waals surface area contributed by atoms with Crippen molar-refractivity contribution < 1.29 is 15.0 Å². The van der Waals surface area contributed by atoms with Gasteiger partial charge in [0, 0.05) is 39.1 Å². The van der Waals surface area contributed by atoms with Gasteiger partial charge >= 0.3 is 0 Å². The molecule has 1 saturated heterocycles. The zero-order valence-electron chi connectivity index (χ0n) is 17.6. The summed E-state index contributed by atoms with van der Waals surface area (Å²) in [6.07, 6.45) is 0.961. The van der Waals surface area contributed by atoms with Gasteiger partial charge in [-0.3, -0.25) is 9.69 Å². The Morgan fingerprint density at radius 3 is 2.23 bits per heavy atom. The first-order chi connectivity index (χ1) is 15.1. The highest BCUT2D eigenvalue weighted by atomic mass is 16.3. The molecule has 1 aliphatic heterocycles. The highest BCUT2D eigenvalue weighted by molar-refractivity contribution is 5.76. The second kappa shape index (κ2) is 9.67. The SMILES string of the molecule is O=C(CCc1ccc(O)c(O)c1)N1CCN(Cc2cccc(-c3ccccc3)c2)CC1. The number of carbonyl (C=O) groups excluding carboxylic acids is 1. The monoisotopic (exact) mass is 416 g/mol. The van der Waals surface area contributed by atoms with Crippen LogP contribution in [0.15, 0.2) is 72.8 Å². The molecular formula is C26H28N2O3. The fourth-order valence-electron chi connectivity index (χ4n) is 4.03. The lowest BCUT2D eigenvalue weighted by atomic mass is 10.0. The van der Waals surface area contributed by atoms with E-state index in [1.165, 1.54) is 28.8 Å². The first kappa shape index (κ1) is 20.9. The van der Waals surface area contributed by atoms with Crippen molar-refractivity contribution in [2.45, 2.75) is 19.4 Å². The van der Waals surface area contributed by atoms with Crippen LogP contribution >= 0.6 is 0 Å². The summed E-state index contributed by atoms with van der Waals surface area (Å²) in [4.78, 5) is 16.9. The number of amides is 1. The van der Waals surface area contributed by atoms with Crippen molar-refractivity contribution in [3.05, 3.63) is 83.9 Å². The molecule has 31 heavy (non-hydrogen) atoms. The molecule has 0 spiro atoms. The van der Waals surface area contributed by atoms with Gasteiger partial charge in [-0.05, 0) is 46.9 Å². The Morgan fingerprint density at radius 1 is 0.742 bits per heavy atom. The van der Waals surface area contributed by atoms with E-state index in [0.717, 1.165) is 38.3 Å². The van der Waals surface area contributed by atoms with Crippen LogP contribution in [0, 0.1) is 0 Å². The van der Waals surface area contributed by atoms with Crippen molar-refractivity contribution in [1.29, 1.82) is 0 Å². The predicted molar refractivity (Wildman–Crippen MR) is 122 cm³/mol. The van der Waals surface area contributed by atoms with E-state index < -0.39 is 0 Å². The van der Waals surface area contributed by atoms with Crippen LogP contribution in [-0.4, -0.2) is 52.1 Å². The molecule has 160 valence electrons. The highest BCUT2D eigenvalue weighted by Gasteiger charge is 2.21. The molecule has 1 aliphatic rings. The molecule has 5 nitrogen and oxygen atoms in total. The third-order valence-electron chi connectivity index (χ3n) is 5.83. The number of piperazine rings is 1. The fraction of sp³-hybridized carbons (Fsp3) is 0.269. The minimum Gasteiger partial charge on any atom is -0.504 e. The van der Waals surface area contributed by atoms with Crippen LogP contribution in [0.5, 0.6) is 11.5 Å². The molecule has 1 heterocycles. The quantitative estimate of drug-likeness (QED) is 0.596. The topological polar surface area (TPSA) is 64.0 Å². The number of benzene rings is 3. The van der Waals surface area contributed by atoms with Crippen LogP contribution < -0.4 is 0 Å². The van der Waals surface area contributed by atoms with Crippen molar-refractivity contribution in [1.82, 2.24) is 9.80 Å². The summed E-state index contributed by atoms with van der Waals surface area (Å²) in [7, 11) is 0. The molecule has 3 aromatic rings. The van der Waals surface area contributed by atoms with Gasteiger partial charge < -0.3 is 15.1 Å². The van der Waals surface area contributed by atoms with Gasteiger partial charge in [-0.2, -0.15) is 0 Å². The van der Waals surface area contributed by atoms with Crippen molar-refractivity contribution in [2.24, 2.45) is 0 Å². The lowest BCUT2D eigenvalue weighted by molar-refractivity contribution is -0.133. The molecule has 0 bridgehead atoms. The molecule has 0 radical (unpaired) electrons. The van der Waals surface area contributed by atoms with Crippen LogP contribution in [0.4, 0.5) is 0 Å². The Labute approximate surface area is 183 Å². The molecule has 1 fully saturated rings. The Hall–Kier alpha value is -3.31. The smallest absolute Gasteiger partial charge is 0.222 e. The van der Waals surface area contributed by atoms with Crippen molar-refractivity contribution in [3.8, 4) is 22.6 Å². The number of carbonyl (C=O) groups is 1. The maximum absolute atomic E-state index is 12.6. The van der Waals surface area contributed by atoms with Crippen LogP contribution in [0.1, 0.15) is 17.5 Å². The van der Waals surface area contributed by atoms with E-state index in [2.05, 4.69) is 53.4 Å². The Kier molecular flexibility index (Phi) is 6.53. The lowest BCUT2D eigenvalue weighted by Crippen LogP contribution is -2.48. The number of phenols is 2. The average molecular weight is 417 g/mol. The number of hydrogen-bond donors (Lipinski definition) is 2. The van der Waals surface area contributed by atoms with Gasteiger partial charge in [-0.25, -0.2) is 0 Å². The van der Waals surface area contributed by atoms with Crippen LogP contribution in [0.3, 0.4) is 0 Å². The Morgan fingerprint density at radius 2 is 1.48 bits per heavy atom. The van der Waals surface area contributed by atoms with Crippen LogP contribution in [-0.2, 0) is 17.8 Å². The second-order valence-corrected chi connectivity index (χ2v) is 8.05. The van der Waals surface area contributed by atoms with Crippen LogP contribution in [0.25, 0.3) is 11.1 Å². The van der Waals surface area contributed by atoms with Gasteiger partial charge in [0.15, 0.2) is 11.5 Å². The summed E-state index contributed by atoms with van der Waals surface area (Å²) in [5.41, 5.74) is 4.59. The summed E-state index contributed by atoms with van der Waals surface area (Å²) in [5, 5.41) is 19.0. The van der Waals surface area contributed by atoms with E-state index in [1.54, 1.807) is 6.07 Å². The van der Waals surface area contributed by atoms with E-state index in [-0.39, 0.29) is 17.4 Å². The molecular weight excluding hydrogens is 388 g/mol. The first-order valence-corrected chi connectivity index (χ1v) is 10.7. The average Bonchev–Trinajstić information content (AvgIpc) is 2.81. The summed E-state index contributed by atoms with van der Waals surface area (Å²) >= 11 is 0. The molecule has 2 N–H and O–H groups in total. The number of nitrogens with zero attached hydrogens (tertiary/aromatic N) is 2. The normalized spacial score (nSPS) is 14.5. The maximum atomic E-state index is 12.6. The highest BCUT2D eigenvalue weighted by Crippen LogP contribution is 2.25. The van der Waals surface area contributed by atoms with Crippen molar-refractivity contribution >= 4 is 5.91 Å². The van der Waals surface area contributed by atoms with E-state index in [4.69, 9.17) is 0 Å². The summed E-state index contributed by atoms with van der Waals surface area (Å²) < 4.78 is 0. The van der Waals surface area contributed by atoms with E-state index >= 15 is 0 Å². The third-order valence-corrected chi connectivity index (χ3v) is 5.83. The Balaban J connectivity index is 1.27. The molecule has 1 amide bonds. The molecule has 0 unspecified atom stereocenters. The third kappa shape index (κ3) is 5.44. The standard InChI is InChI=1S/C26H28N2O3/c29-24-11-9-20(18-25(24)30)10-12-26(31)28-15-13-27(14-16-28)19-21-5-4-8-23(17-21)22-6-2-1-3-7-22/h1-9,11,17-18,29-30H,10,12-16,19H2.